The van der Waals surface area contributed by atoms with E-state index in [-0.39, 0.29) is 12.1 Å². The predicted molar refractivity (Wildman–Crippen MR) is 75.0 cm³/mol. The van der Waals surface area contributed by atoms with Gasteiger partial charge in [-0.1, -0.05) is 12.1 Å². The van der Waals surface area contributed by atoms with Crippen molar-refractivity contribution >= 4 is 11.6 Å². The highest BCUT2D eigenvalue weighted by Gasteiger charge is 2.11. The average Bonchev–Trinajstić information content (AvgIpc) is 2.43. The Morgan fingerprint density at radius 1 is 1.55 bits per heavy atom. The van der Waals surface area contributed by atoms with E-state index in [0.717, 1.165) is 0 Å². The smallest absolute Gasteiger partial charge is 0.267 e. The normalized spacial score (nSPS) is 12.2. The zero-order valence-electron chi connectivity index (χ0n) is 11.4. The molecule has 6 nitrogen and oxygen atoms in total. The molecule has 0 fully saturated rings. The minimum atomic E-state index is -0.566. The van der Waals surface area contributed by atoms with Crippen LogP contribution in [0.1, 0.15) is 6.92 Å². The lowest BCUT2D eigenvalue weighted by Gasteiger charge is -2.09. The van der Waals surface area contributed by atoms with E-state index in [1.54, 1.807) is 37.3 Å². The van der Waals surface area contributed by atoms with Crippen molar-refractivity contribution in [1.29, 1.82) is 5.26 Å². The number of nitriles is 1. The van der Waals surface area contributed by atoms with Gasteiger partial charge in [-0.05, 0) is 19.1 Å². The Bertz CT molecular complexity index is 533. The number of aliphatic hydroxyl groups excluding tert-OH is 1. The monoisotopic (exact) mass is 275 g/mol. The zero-order chi connectivity index (χ0) is 15.0. The van der Waals surface area contributed by atoms with Crippen molar-refractivity contribution < 1.29 is 14.6 Å². The Morgan fingerprint density at radius 3 is 2.85 bits per heavy atom. The lowest BCUT2D eigenvalue weighted by atomic mass is 10.2. The molecule has 0 saturated heterocycles. The first-order valence-corrected chi connectivity index (χ1v) is 6.04. The third-order valence-corrected chi connectivity index (χ3v) is 2.38. The van der Waals surface area contributed by atoms with Crippen molar-refractivity contribution in [3.63, 3.8) is 0 Å². The molecule has 6 heteroatoms. The molecule has 1 amide bonds. The van der Waals surface area contributed by atoms with Crippen LogP contribution in [-0.4, -0.2) is 30.8 Å². The number of hydrogen-bond donors (Lipinski definition) is 3. The number of carbonyl (C=O) groups excluding carboxylic acids is 1. The van der Waals surface area contributed by atoms with Gasteiger partial charge in [0.25, 0.3) is 5.91 Å². The molecule has 0 saturated carbocycles. The van der Waals surface area contributed by atoms with E-state index in [1.807, 2.05) is 0 Å². The first-order chi connectivity index (χ1) is 9.58. The van der Waals surface area contributed by atoms with Crippen LogP contribution in [0.15, 0.2) is 36.0 Å². The summed E-state index contributed by atoms with van der Waals surface area (Å²) in [5.74, 6) is -0.0369. The van der Waals surface area contributed by atoms with Crippen molar-refractivity contribution in [1.82, 2.24) is 5.32 Å². The van der Waals surface area contributed by atoms with E-state index in [1.165, 1.54) is 13.3 Å². The van der Waals surface area contributed by atoms with Crippen molar-refractivity contribution in [2.75, 3.05) is 19.0 Å². The Balaban J connectivity index is 2.75. The highest BCUT2D eigenvalue weighted by Crippen LogP contribution is 2.23. The number of anilines is 1. The number of rotatable bonds is 6. The van der Waals surface area contributed by atoms with Crippen molar-refractivity contribution in [2.45, 2.75) is 13.0 Å². The summed E-state index contributed by atoms with van der Waals surface area (Å²) < 4.78 is 5.11. The Morgan fingerprint density at radius 2 is 2.25 bits per heavy atom. The number of ether oxygens (including phenoxy) is 1. The second-order valence-corrected chi connectivity index (χ2v) is 4.08. The molecule has 0 bridgehead atoms. The van der Waals surface area contributed by atoms with Crippen LogP contribution in [0.4, 0.5) is 5.69 Å². The van der Waals surface area contributed by atoms with E-state index in [4.69, 9.17) is 15.1 Å². The van der Waals surface area contributed by atoms with Gasteiger partial charge in [0.1, 0.15) is 17.4 Å². The van der Waals surface area contributed by atoms with E-state index < -0.39 is 12.0 Å². The van der Waals surface area contributed by atoms with Gasteiger partial charge in [-0.25, -0.2) is 0 Å². The maximum atomic E-state index is 11.9. The molecule has 1 aromatic carbocycles. The zero-order valence-corrected chi connectivity index (χ0v) is 11.4. The fraction of sp³-hybridized carbons (Fsp3) is 0.286. The molecule has 1 rings (SSSR count). The third-order valence-electron chi connectivity index (χ3n) is 2.38. The fourth-order valence-electron chi connectivity index (χ4n) is 1.42. The van der Waals surface area contributed by atoms with Crippen molar-refractivity contribution in [2.24, 2.45) is 0 Å². The predicted octanol–water partition coefficient (Wildman–Crippen LogP) is 1.01. The highest BCUT2D eigenvalue weighted by atomic mass is 16.5. The largest absolute Gasteiger partial charge is 0.495 e. The molecule has 0 heterocycles. The summed E-state index contributed by atoms with van der Waals surface area (Å²) in [5.41, 5.74) is 0.397. The number of carbonyl (C=O) groups is 1. The summed E-state index contributed by atoms with van der Waals surface area (Å²) in [4.78, 5) is 11.9. The van der Waals surface area contributed by atoms with Crippen LogP contribution in [0, 0.1) is 11.3 Å². The maximum absolute atomic E-state index is 11.9. The fourth-order valence-corrected chi connectivity index (χ4v) is 1.42. The minimum Gasteiger partial charge on any atom is -0.495 e. The van der Waals surface area contributed by atoms with E-state index in [0.29, 0.717) is 11.4 Å². The highest BCUT2D eigenvalue weighted by molar-refractivity contribution is 6.07. The second-order valence-electron chi connectivity index (χ2n) is 4.08. The molecule has 1 aromatic rings. The molecule has 3 N–H and O–H groups in total. The summed E-state index contributed by atoms with van der Waals surface area (Å²) in [6.07, 6.45) is 0.709. The first kappa shape index (κ1) is 15.5. The second kappa shape index (κ2) is 7.81. The van der Waals surface area contributed by atoms with Gasteiger partial charge in [0, 0.05) is 12.7 Å². The number of aliphatic hydroxyl groups is 1. The van der Waals surface area contributed by atoms with Gasteiger partial charge in [0.05, 0.1) is 18.9 Å². The quantitative estimate of drug-likeness (QED) is 0.532. The Labute approximate surface area is 117 Å². The van der Waals surface area contributed by atoms with Crippen LogP contribution < -0.4 is 15.4 Å². The standard InChI is InChI=1S/C14H17N3O3/c1-10(18)8-16-9-11(7-15)14(19)17-12-5-3-4-6-13(12)20-2/h3-6,9-10,16,18H,8H2,1-2H3,(H,17,19)/b11-9-. The molecule has 1 atom stereocenters. The molecule has 1 unspecified atom stereocenters. The number of benzene rings is 1. The van der Waals surface area contributed by atoms with Gasteiger partial charge in [0.2, 0.25) is 0 Å². The molecule has 20 heavy (non-hydrogen) atoms. The molecular formula is C14H17N3O3. The average molecular weight is 275 g/mol. The molecule has 0 radical (unpaired) electrons. The number of nitrogens with zero attached hydrogens (tertiary/aromatic N) is 1. The minimum absolute atomic E-state index is 0.0865. The SMILES string of the molecule is COc1ccccc1NC(=O)/C(C#N)=C\NCC(C)O. The number of nitrogens with one attached hydrogen (secondary N) is 2. The molecule has 0 aromatic heterocycles. The van der Waals surface area contributed by atoms with Gasteiger partial charge >= 0.3 is 0 Å². The van der Waals surface area contributed by atoms with Gasteiger partial charge in [-0.15, -0.1) is 0 Å². The van der Waals surface area contributed by atoms with Gasteiger partial charge < -0.3 is 20.5 Å². The number of para-hydroxylation sites is 2. The van der Waals surface area contributed by atoms with Crippen LogP contribution in [0.25, 0.3) is 0 Å². The Hall–Kier alpha value is -2.52. The molecule has 106 valence electrons. The molecule has 0 aliphatic carbocycles. The first-order valence-electron chi connectivity index (χ1n) is 6.04. The van der Waals surface area contributed by atoms with Gasteiger partial charge in [0.15, 0.2) is 0 Å². The number of hydrogen-bond acceptors (Lipinski definition) is 5. The van der Waals surface area contributed by atoms with Crippen LogP contribution >= 0.6 is 0 Å². The van der Waals surface area contributed by atoms with Gasteiger partial charge in [-0.2, -0.15) is 5.26 Å². The topological polar surface area (TPSA) is 94.4 Å². The Kier molecular flexibility index (Phi) is 6.07. The third kappa shape index (κ3) is 4.63. The molecule has 0 aliphatic rings. The molecular weight excluding hydrogens is 258 g/mol. The van der Waals surface area contributed by atoms with Crippen LogP contribution in [0.3, 0.4) is 0 Å². The lowest BCUT2D eigenvalue weighted by molar-refractivity contribution is -0.112. The number of methoxy groups -OCH3 is 1. The van der Waals surface area contributed by atoms with Crippen LogP contribution in [-0.2, 0) is 4.79 Å². The van der Waals surface area contributed by atoms with E-state index in [9.17, 15) is 4.79 Å². The lowest BCUT2D eigenvalue weighted by Crippen LogP contribution is -2.22. The van der Waals surface area contributed by atoms with Crippen LogP contribution in [0.5, 0.6) is 5.75 Å². The summed E-state index contributed by atoms with van der Waals surface area (Å²) in [6.45, 7) is 1.86. The maximum Gasteiger partial charge on any atom is 0.267 e. The molecule has 0 spiro atoms. The van der Waals surface area contributed by atoms with Crippen LogP contribution in [0.2, 0.25) is 0 Å². The number of amides is 1. The van der Waals surface area contributed by atoms with Crippen molar-refractivity contribution in [3.05, 3.63) is 36.0 Å². The van der Waals surface area contributed by atoms with E-state index in [2.05, 4.69) is 10.6 Å². The summed E-state index contributed by atoms with van der Waals surface area (Å²) in [6, 6.07) is 8.71. The molecule has 0 aliphatic heterocycles. The van der Waals surface area contributed by atoms with E-state index >= 15 is 0 Å². The summed E-state index contributed by atoms with van der Waals surface area (Å²) in [7, 11) is 1.50. The van der Waals surface area contributed by atoms with Crippen molar-refractivity contribution in [3.8, 4) is 11.8 Å². The summed E-state index contributed by atoms with van der Waals surface area (Å²) in [5, 5.41) is 23.3. The van der Waals surface area contributed by atoms with Gasteiger partial charge in [-0.3, -0.25) is 4.79 Å². The summed E-state index contributed by atoms with van der Waals surface area (Å²) >= 11 is 0.